The van der Waals surface area contributed by atoms with Gasteiger partial charge in [-0.2, -0.15) is 5.26 Å². The SMILES string of the molecule is CCCCCCOc1c(Br)cc(/C=C(\C#N)C(=O)Nc2ccc(OCC)cc2)cc1OCC. The van der Waals surface area contributed by atoms with Crippen LogP contribution in [0, 0.1) is 11.3 Å². The van der Waals surface area contributed by atoms with Crippen LogP contribution in [0.4, 0.5) is 5.69 Å². The first kappa shape index (κ1) is 26.3. The molecule has 176 valence electrons. The molecule has 1 N–H and O–H groups in total. The van der Waals surface area contributed by atoms with Gasteiger partial charge in [0.1, 0.15) is 17.4 Å². The first-order valence-corrected chi connectivity index (χ1v) is 12.1. The molecular formula is C26H31BrN2O4. The standard InChI is InChI=1S/C26H31BrN2O4/c1-4-7-8-9-14-33-25-23(27)16-19(17-24(25)32-6-3)15-20(18-28)26(30)29-21-10-12-22(13-11-21)31-5-2/h10-13,15-17H,4-9,14H2,1-3H3,(H,29,30)/b20-15+. The zero-order valence-corrected chi connectivity index (χ0v) is 21.0. The van der Waals surface area contributed by atoms with Crippen molar-refractivity contribution >= 4 is 33.6 Å². The van der Waals surface area contributed by atoms with Crippen molar-refractivity contribution in [2.75, 3.05) is 25.1 Å². The van der Waals surface area contributed by atoms with Crippen molar-refractivity contribution in [3.8, 4) is 23.3 Å². The van der Waals surface area contributed by atoms with Gasteiger partial charge in [-0.05, 0) is 84.2 Å². The second kappa shape index (κ2) is 14.2. The number of nitrogens with zero attached hydrogens (tertiary/aromatic N) is 1. The zero-order valence-electron chi connectivity index (χ0n) is 19.4. The predicted molar refractivity (Wildman–Crippen MR) is 135 cm³/mol. The first-order valence-electron chi connectivity index (χ1n) is 11.3. The summed E-state index contributed by atoms with van der Waals surface area (Å²) in [5.74, 6) is 1.42. The largest absolute Gasteiger partial charge is 0.494 e. The Bertz CT molecular complexity index is 981. The highest BCUT2D eigenvalue weighted by Gasteiger charge is 2.14. The van der Waals surface area contributed by atoms with Crippen molar-refractivity contribution in [3.05, 3.63) is 52.0 Å². The average Bonchev–Trinajstić information content (AvgIpc) is 2.80. The number of halogens is 1. The number of carbonyl (C=O) groups is 1. The van der Waals surface area contributed by atoms with Crippen molar-refractivity contribution in [2.45, 2.75) is 46.5 Å². The summed E-state index contributed by atoms with van der Waals surface area (Å²) < 4.78 is 17.8. The van der Waals surface area contributed by atoms with Crippen molar-refractivity contribution in [1.82, 2.24) is 0 Å². The quantitative estimate of drug-likeness (QED) is 0.181. The minimum absolute atomic E-state index is 0.0218. The van der Waals surface area contributed by atoms with Crippen LogP contribution in [0.3, 0.4) is 0 Å². The van der Waals surface area contributed by atoms with Crippen LogP contribution in [0.2, 0.25) is 0 Å². The molecule has 0 saturated carbocycles. The Morgan fingerprint density at radius 3 is 2.39 bits per heavy atom. The van der Waals surface area contributed by atoms with Gasteiger partial charge < -0.3 is 19.5 Å². The Morgan fingerprint density at radius 2 is 1.76 bits per heavy atom. The number of nitriles is 1. The van der Waals surface area contributed by atoms with E-state index in [1.807, 2.05) is 26.0 Å². The average molecular weight is 515 g/mol. The molecule has 6 nitrogen and oxygen atoms in total. The van der Waals surface area contributed by atoms with Crippen LogP contribution in [-0.4, -0.2) is 25.7 Å². The monoisotopic (exact) mass is 514 g/mol. The van der Waals surface area contributed by atoms with Crippen LogP contribution in [0.15, 0.2) is 46.4 Å². The molecule has 2 aromatic carbocycles. The van der Waals surface area contributed by atoms with Crippen LogP contribution in [0.1, 0.15) is 52.0 Å². The molecule has 0 heterocycles. The van der Waals surface area contributed by atoms with Crippen molar-refractivity contribution in [3.63, 3.8) is 0 Å². The van der Waals surface area contributed by atoms with Gasteiger partial charge in [0.15, 0.2) is 11.5 Å². The third kappa shape index (κ3) is 8.47. The van der Waals surface area contributed by atoms with Crippen LogP contribution in [-0.2, 0) is 4.79 Å². The molecular weight excluding hydrogens is 484 g/mol. The summed E-state index contributed by atoms with van der Waals surface area (Å²) in [4.78, 5) is 12.6. The molecule has 2 rings (SSSR count). The molecule has 0 aliphatic carbocycles. The Morgan fingerprint density at radius 1 is 1.03 bits per heavy atom. The summed E-state index contributed by atoms with van der Waals surface area (Å²) in [6, 6.07) is 12.6. The predicted octanol–water partition coefficient (Wildman–Crippen LogP) is 6.75. The van der Waals surface area contributed by atoms with E-state index >= 15 is 0 Å². The molecule has 0 spiro atoms. The van der Waals surface area contributed by atoms with Gasteiger partial charge >= 0.3 is 0 Å². The molecule has 0 atom stereocenters. The van der Waals surface area contributed by atoms with Crippen molar-refractivity contribution < 1.29 is 19.0 Å². The number of rotatable bonds is 13. The number of nitrogens with one attached hydrogen (secondary N) is 1. The lowest BCUT2D eigenvalue weighted by Crippen LogP contribution is -2.13. The maximum atomic E-state index is 12.6. The van der Waals surface area contributed by atoms with Gasteiger partial charge in [-0.15, -0.1) is 0 Å². The number of anilines is 1. The van der Waals surface area contributed by atoms with Gasteiger partial charge in [0, 0.05) is 5.69 Å². The lowest BCUT2D eigenvalue weighted by Gasteiger charge is -2.15. The van der Waals surface area contributed by atoms with Crippen LogP contribution < -0.4 is 19.5 Å². The third-order valence-electron chi connectivity index (χ3n) is 4.68. The Balaban J connectivity index is 2.17. The summed E-state index contributed by atoms with van der Waals surface area (Å²) in [7, 11) is 0. The smallest absolute Gasteiger partial charge is 0.266 e. The molecule has 0 radical (unpaired) electrons. The van der Waals surface area contributed by atoms with E-state index in [0.29, 0.717) is 52.8 Å². The fourth-order valence-electron chi connectivity index (χ4n) is 3.09. The number of ether oxygens (including phenoxy) is 3. The Labute approximate surface area is 204 Å². The van der Waals surface area contributed by atoms with Gasteiger partial charge in [-0.3, -0.25) is 4.79 Å². The van der Waals surface area contributed by atoms with E-state index in [1.54, 1.807) is 30.3 Å². The van der Waals surface area contributed by atoms with E-state index < -0.39 is 5.91 Å². The molecule has 0 aliphatic rings. The number of hydrogen-bond donors (Lipinski definition) is 1. The third-order valence-corrected chi connectivity index (χ3v) is 5.26. The zero-order chi connectivity index (χ0) is 24.1. The molecule has 0 bridgehead atoms. The van der Waals surface area contributed by atoms with Crippen LogP contribution in [0.5, 0.6) is 17.2 Å². The number of benzene rings is 2. The lowest BCUT2D eigenvalue weighted by atomic mass is 10.1. The highest BCUT2D eigenvalue weighted by atomic mass is 79.9. The summed E-state index contributed by atoms with van der Waals surface area (Å²) in [5.41, 5.74) is 1.21. The van der Waals surface area contributed by atoms with E-state index in [2.05, 4.69) is 28.2 Å². The molecule has 0 unspecified atom stereocenters. The molecule has 0 aliphatic heterocycles. The fraction of sp³-hybridized carbons (Fsp3) is 0.385. The van der Waals surface area contributed by atoms with Gasteiger partial charge in [-0.1, -0.05) is 26.2 Å². The number of unbranched alkanes of at least 4 members (excludes halogenated alkanes) is 3. The Hall–Kier alpha value is -2.98. The number of hydrogen-bond acceptors (Lipinski definition) is 5. The number of amides is 1. The first-order chi connectivity index (χ1) is 16.0. The highest BCUT2D eigenvalue weighted by Crippen LogP contribution is 2.37. The summed E-state index contributed by atoms with van der Waals surface area (Å²) >= 11 is 3.54. The van der Waals surface area contributed by atoms with E-state index in [-0.39, 0.29) is 5.57 Å². The Kier molecular flexibility index (Phi) is 11.3. The van der Waals surface area contributed by atoms with Crippen molar-refractivity contribution in [2.24, 2.45) is 0 Å². The topological polar surface area (TPSA) is 80.6 Å². The summed E-state index contributed by atoms with van der Waals surface area (Å²) in [6.45, 7) is 7.60. The number of carbonyl (C=O) groups excluding carboxylic acids is 1. The molecule has 0 saturated heterocycles. The lowest BCUT2D eigenvalue weighted by molar-refractivity contribution is -0.112. The molecule has 7 heteroatoms. The van der Waals surface area contributed by atoms with Gasteiger partial charge in [0.2, 0.25) is 0 Å². The van der Waals surface area contributed by atoms with E-state index in [1.165, 1.54) is 18.9 Å². The van der Waals surface area contributed by atoms with Gasteiger partial charge in [0.05, 0.1) is 24.3 Å². The van der Waals surface area contributed by atoms with E-state index in [0.717, 1.165) is 12.8 Å². The highest BCUT2D eigenvalue weighted by molar-refractivity contribution is 9.10. The minimum Gasteiger partial charge on any atom is -0.494 e. The summed E-state index contributed by atoms with van der Waals surface area (Å²) in [5, 5.41) is 12.3. The maximum Gasteiger partial charge on any atom is 0.266 e. The normalized spacial score (nSPS) is 10.9. The molecule has 1 amide bonds. The maximum absolute atomic E-state index is 12.6. The second-order valence-electron chi connectivity index (χ2n) is 7.25. The minimum atomic E-state index is -0.494. The second-order valence-corrected chi connectivity index (χ2v) is 8.11. The van der Waals surface area contributed by atoms with E-state index in [4.69, 9.17) is 14.2 Å². The van der Waals surface area contributed by atoms with Crippen molar-refractivity contribution in [1.29, 1.82) is 5.26 Å². The van der Waals surface area contributed by atoms with Crippen LogP contribution in [0.25, 0.3) is 6.08 Å². The molecule has 0 aromatic heterocycles. The van der Waals surface area contributed by atoms with Crippen LogP contribution >= 0.6 is 15.9 Å². The molecule has 0 fully saturated rings. The van der Waals surface area contributed by atoms with E-state index in [9.17, 15) is 10.1 Å². The molecule has 2 aromatic rings. The fourth-order valence-corrected chi connectivity index (χ4v) is 3.67. The summed E-state index contributed by atoms with van der Waals surface area (Å²) in [6.07, 6.45) is 5.97. The van der Waals surface area contributed by atoms with Gasteiger partial charge in [-0.25, -0.2) is 0 Å². The van der Waals surface area contributed by atoms with Gasteiger partial charge in [0.25, 0.3) is 5.91 Å². The molecule has 33 heavy (non-hydrogen) atoms.